The van der Waals surface area contributed by atoms with Crippen LogP contribution in [0.4, 0.5) is 0 Å². The van der Waals surface area contributed by atoms with Crippen LogP contribution >= 0.6 is 11.6 Å². The average molecular weight is 387 g/mol. The van der Waals surface area contributed by atoms with Gasteiger partial charge >= 0.3 is 5.97 Å². The summed E-state index contributed by atoms with van der Waals surface area (Å²) in [6, 6.07) is 10.6. The smallest absolute Gasteiger partial charge is 0.322 e. The largest absolute Gasteiger partial charge is 0.505 e. The van der Waals surface area contributed by atoms with Gasteiger partial charge in [0.15, 0.2) is 11.8 Å². The Morgan fingerprint density at radius 3 is 2.67 bits per heavy atom. The molecule has 8 nitrogen and oxygen atoms in total. The molecule has 1 aliphatic rings. The van der Waals surface area contributed by atoms with Crippen LogP contribution in [0.1, 0.15) is 22.9 Å². The van der Waals surface area contributed by atoms with Crippen LogP contribution in [0.5, 0.6) is 0 Å². The maximum absolute atomic E-state index is 12.2. The van der Waals surface area contributed by atoms with E-state index < -0.39 is 30.2 Å². The minimum atomic E-state index is -1.23. The molecule has 27 heavy (non-hydrogen) atoms. The average Bonchev–Trinajstić information content (AvgIpc) is 2.97. The molecule has 0 saturated carbocycles. The molecule has 0 aliphatic carbocycles. The van der Waals surface area contributed by atoms with Crippen LogP contribution < -0.4 is 10.6 Å². The second-order valence-corrected chi connectivity index (χ2v) is 6.26. The van der Waals surface area contributed by atoms with Gasteiger partial charge in [-0.15, -0.1) is 0 Å². The number of aliphatic hydroxyl groups excluding tert-OH is 1. The van der Waals surface area contributed by atoms with Gasteiger partial charge in [-0.1, -0.05) is 41.9 Å². The van der Waals surface area contributed by atoms with Gasteiger partial charge in [0.25, 0.3) is 5.91 Å². The van der Waals surface area contributed by atoms with E-state index in [-0.39, 0.29) is 16.3 Å². The van der Waals surface area contributed by atoms with Crippen molar-refractivity contribution in [2.45, 2.75) is 12.6 Å². The first-order valence-corrected chi connectivity index (χ1v) is 8.32. The summed E-state index contributed by atoms with van der Waals surface area (Å²) in [4.78, 5) is 22.8. The number of amides is 1. The highest BCUT2D eigenvalue weighted by molar-refractivity contribution is 6.32. The molecule has 2 heterocycles. The van der Waals surface area contributed by atoms with E-state index in [0.717, 1.165) is 5.56 Å². The van der Waals surface area contributed by atoms with Gasteiger partial charge in [-0.25, -0.2) is 0 Å². The second-order valence-electron chi connectivity index (χ2n) is 5.86. The zero-order valence-corrected chi connectivity index (χ0v) is 14.7. The summed E-state index contributed by atoms with van der Waals surface area (Å²) in [6.07, 6.45) is 1.58. The number of carbonyl (C=O) groups is 2. The Morgan fingerprint density at radius 1 is 1.33 bits per heavy atom. The molecule has 1 aliphatic heterocycles. The molecule has 0 bridgehead atoms. The van der Waals surface area contributed by atoms with Crippen LogP contribution in [-0.4, -0.2) is 33.2 Å². The second kappa shape index (κ2) is 7.43. The molecule has 1 aromatic heterocycles. The van der Waals surface area contributed by atoms with Crippen molar-refractivity contribution in [3.63, 3.8) is 0 Å². The summed E-state index contributed by atoms with van der Waals surface area (Å²) in [5.41, 5.74) is 1.28. The van der Waals surface area contributed by atoms with E-state index in [1.54, 1.807) is 10.8 Å². The lowest BCUT2D eigenvalue weighted by molar-refractivity contribution is -0.137. The molecule has 0 radical (unpaired) electrons. The van der Waals surface area contributed by atoms with Crippen LogP contribution in [0.25, 0.3) is 5.76 Å². The van der Waals surface area contributed by atoms with Crippen molar-refractivity contribution < 1.29 is 19.8 Å². The standard InChI is InChI=1S/C18H15ClN4O4/c19-11-9-23(8-10-4-2-1-3-5-10)16-12(6-20)22-15(17(26)14(11)16)18(27)21-7-13(24)25/h1-5,9,12,22,26H,7-8H2,(H,21,27)(H,24,25). The minimum Gasteiger partial charge on any atom is -0.505 e. The van der Waals surface area contributed by atoms with Crippen LogP contribution in [0.15, 0.2) is 42.2 Å². The molecular formula is C18H15ClN4O4. The number of carbonyl (C=O) groups excluding carboxylic acids is 1. The first kappa shape index (κ1) is 18.4. The van der Waals surface area contributed by atoms with Gasteiger partial charge in [0.05, 0.1) is 22.3 Å². The number of aliphatic carboxylic acids is 1. The molecule has 4 N–H and O–H groups in total. The number of carboxylic acids is 1. The van der Waals surface area contributed by atoms with Gasteiger partial charge in [-0.2, -0.15) is 5.26 Å². The van der Waals surface area contributed by atoms with Gasteiger partial charge < -0.3 is 25.4 Å². The van der Waals surface area contributed by atoms with Gasteiger partial charge in [-0.05, 0) is 5.56 Å². The zero-order valence-electron chi connectivity index (χ0n) is 13.9. The van der Waals surface area contributed by atoms with Crippen molar-refractivity contribution in [3.05, 3.63) is 64.1 Å². The van der Waals surface area contributed by atoms with Crippen LogP contribution in [-0.2, 0) is 16.1 Å². The Labute approximate surface area is 159 Å². The minimum absolute atomic E-state index is 0.179. The Morgan fingerprint density at radius 2 is 2.04 bits per heavy atom. The molecule has 0 spiro atoms. The van der Waals surface area contributed by atoms with E-state index >= 15 is 0 Å². The quantitative estimate of drug-likeness (QED) is 0.620. The number of hydrogen-bond donors (Lipinski definition) is 4. The lowest BCUT2D eigenvalue weighted by Gasteiger charge is -2.24. The highest BCUT2D eigenvalue weighted by Crippen LogP contribution is 2.37. The third-order valence-corrected chi connectivity index (χ3v) is 4.35. The lowest BCUT2D eigenvalue weighted by atomic mass is 10.0. The van der Waals surface area contributed by atoms with Crippen molar-refractivity contribution >= 4 is 29.2 Å². The Hall–Kier alpha value is -3.44. The predicted octanol–water partition coefficient (Wildman–Crippen LogP) is 1.79. The first-order valence-electron chi connectivity index (χ1n) is 7.94. The molecular weight excluding hydrogens is 372 g/mol. The SMILES string of the molecule is N#CC1NC(C(=O)NCC(=O)O)=C(O)c2c(Cl)cn(Cc3ccccc3)c21. The molecule has 1 unspecified atom stereocenters. The summed E-state index contributed by atoms with van der Waals surface area (Å²) >= 11 is 6.27. The molecule has 0 fully saturated rings. The summed E-state index contributed by atoms with van der Waals surface area (Å²) in [6.45, 7) is -0.201. The van der Waals surface area contributed by atoms with E-state index in [9.17, 15) is 20.0 Å². The molecule has 1 atom stereocenters. The molecule has 2 aromatic rings. The van der Waals surface area contributed by atoms with E-state index in [1.165, 1.54) is 0 Å². The number of nitrogens with zero attached hydrogens (tertiary/aromatic N) is 2. The van der Waals surface area contributed by atoms with Crippen molar-refractivity contribution in [2.75, 3.05) is 6.54 Å². The summed E-state index contributed by atoms with van der Waals surface area (Å²) < 4.78 is 1.73. The summed E-state index contributed by atoms with van der Waals surface area (Å²) in [5.74, 6) is -2.51. The Balaban J connectivity index is 2.02. The van der Waals surface area contributed by atoms with Crippen LogP contribution in [0.3, 0.4) is 0 Å². The number of aromatic nitrogens is 1. The number of carboxylic acid groups (broad SMARTS) is 1. The number of fused-ring (bicyclic) bond motifs is 1. The van der Waals surface area contributed by atoms with Crippen LogP contribution in [0, 0.1) is 11.3 Å². The highest BCUT2D eigenvalue weighted by Gasteiger charge is 2.34. The fourth-order valence-electron chi connectivity index (χ4n) is 2.91. The molecule has 3 rings (SSSR count). The number of halogens is 1. The first-order chi connectivity index (χ1) is 12.9. The van der Waals surface area contributed by atoms with E-state index in [1.807, 2.05) is 36.4 Å². The number of hydrogen-bond acceptors (Lipinski definition) is 5. The number of nitriles is 1. The maximum atomic E-state index is 12.2. The molecule has 0 saturated heterocycles. The van der Waals surface area contributed by atoms with Gasteiger partial charge in [0.1, 0.15) is 12.2 Å². The van der Waals surface area contributed by atoms with E-state index in [0.29, 0.717) is 12.2 Å². The van der Waals surface area contributed by atoms with Gasteiger partial charge in [-0.3, -0.25) is 9.59 Å². The number of rotatable bonds is 5. The van der Waals surface area contributed by atoms with Crippen molar-refractivity contribution in [1.29, 1.82) is 5.26 Å². The topological polar surface area (TPSA) is 127 Å². The third kappa shape index (κ3) is 3.59. The molecule has 1 aromatic carbocycles. The maximum Gasteiger partial charge on any atom is 0.322 e. The van der Waals surface area contributed by atoms with Gasteiger partial charge in [0.2, 0.25) is 0 Å². The fourth-order valence-corrected chi connectivity index (χ4v) is 3.21. The fraction of sp³-hybridized carbons (Fsp3) is 0.167. The predicted molar refractivity (Wildman–Crippen MR) is 96.7 cm³/mol. The van der Waals surface area contributed by atoms with Crippen LogP contribution in [0.2, 0.25) is 5.02 Å². The Bertz CT molecular complexity index is 975. The van der Waals surface area contributed by atoms with E-state index in [4.69, 9.17) is 16.7 Å². The highest BCUT2D eigenvalue weighted by atomic mass is 35.5. The van der Waals surface area contributed by atoms with Crippen molar-refractivity contribution in [2.24, 2.45) is 0 Å². The molecule has 9 heteroatoms. The Kier molecular flexibility index (Phi) is 5.05. The molecule has 1 amide bonds. The third-order valence-electron chi connectivity index (χ3n) is 4.06. The summed E-state index contributed by atoms with van der Waals surface area (Å²) in [7, 11) is 0. The zero-order chi connectivity index (χ0) is 19.6. The van der Waals surface area contributed by atoms with E-state index in [2.05, 4.69) is 10.6 Å². The summed E-state index contributed by atoms with van der Waals surface area (Å²) in [5, 5.41) is 33.7. The number of aliphatic hydroxyl groups is 1. The van der Waals surface area contributed by atoms with Gasteiger partial charge in [0, 0.05) is 12.7 Å². The normalized spacial score (nSPS) is 15.5. The molecule has 138 valence electrons. The monoisotopic (exact) mass is 386 g/mol. The lowest BCUT2D eigenvalue weighted by Crippen LogP contribution is -2.39. The van der Waals surface area contributed by atoms with Crippen molar-refractivity contribution in [1.82, 2.24) is 15.2 Å². The number of nitrogens with one attached hydrogen (secondary N) is 2. The van der Waals surface area contributed by atoms with Crippen molar-refractivity contribution in [3.8, 4) is 6.07 Å². The number of benzene rings is 1.